The van der Waals surface area contributed by atoms with Crippen molar-refractivity contribution in [2.45, 2.75) is 43.8 Å². The Morgan fingerprint density at radius 2 is 2.11 bits per heavy atom. The van der Waals surface area contributed by atoms with E-state index in [2.05, 4.69) is 33.1 Å². The number of benzene rings is 1. The number of hydrogen-bond acceptors (Lipinski definition) is 6. The van der Waals surface area contributed by atoms with Crippen molar-refractivity contribution in [1.82, 2.24) is 31.0 Å². The number of carbonyl (C=O) groups excluding carboxylic acids is 1. The van der Waals surface area contributed by atoms with Crippen molar-refractivity contribution in [1.29, 1.82) is 0 Å². The minimum Gasteiger partial charge on any atom is -0.337 e. The SMILES string of the molecule is CN1CCNCC1c1noc(C2(NC(=O)NCc3ccccc3)CCCC2)n1. The molecule has 2 amide bonds. The van der Waals surface area contributed by atoms with Gasteiger partial charge in [0.2, 0.25) is 0 Å². The molecule has 1 atom stereocenters. The maximum absolute atomic E-state index is 12.6. The van der Waals surface area contributed by atoms with Gasteiger partial charge in [0.25, 0.3) is 5.89 Å². The Morgan fingerprint density at radius 3 is 2.86 bits per heavy atom. The third-order valence-corrected chi connectivity index (χ3v) is 5.77. The molecule has 2 fully saturated rings. The first-order valence-corrected chi connectivity index (χ1v) is 10.0. The van der Waals surface area contributed by atoms with Crippen molar-refractivity contribution in [3.63, 3.8) is 0 Å². The number of urea groups is 1. The molecule has 2 heterocycles. The van der Waals surface area contributed by atoms with E-state index in [1.165, 1.54) is 0 Å². The summed E-state index contributed by atoms with van der Waals surface area (Å²) < 4.78 is 5.66. The van der Waals surface area contributed by atoms with Gasteiger partial charge in [-0.2, -0.15) is 4.98 Å². The maximum atomic E-state index is 12.6. The van der Waals surface area contributed by atoms with Crippen LogP contribution in [0, 0.1) is 0 Å². The lowest BCUT2D eigenvalue weighted by atomic mass is 9.97. The summed E-state index contributed by atoms with van der Waals surface area (Å²) in [7, 11) is 2.07. The van der Waals surface area contributed by atoms with Crippen LogP contribution in [-0.4, -0.2) is 47.8 Å². The second-order valence-electron chi connectivity index (χ2n) is 7.74. The molecule has 28 heavy (non-hydrogen) atoms. The van der Waals surface area contributed by atoms with E-state index in [9.17, 15) is 4.79 Å². The number of nitrogens with zero attached hydrogens (tertiary/aromatic N) is 3. The fourth-order valence-electron chi connectivity index (χ4n) is 4.07. The van der Waals surface area contributed by atoms with Crippen LogP contribution in [0.3, 0.4) is 0 Å². The highest BCUT2D eigenvalue weighted by atomic mass is 16.5. The molecule has 150 valence electrons. The Hall–Kier alpha value is -2.45. The zero-order chi connectivity index (χ0) is 19.4. The van der Waals surface area contributed by atoms with E-state index in [-0.39, 0.29) is 12.1 Å². The van der Waals surface area contributed by atoms with E-state index in [0.29, 0.717) is 18.3 Å². The van der Waals surface area contributed by atoms with Crippen LogP contribution in [0.1, 0.15) is 49.0 Å². The molecule has 4 rings (SSSR count). The molecule has 2 aromatic rings. The van der Waals surface area contributed by atoms with Crippen LogP contribution in [0.5, 0.6) is 0 Å². The second kappa shape index (κ2) is 8.28. The molecule has 1 aliphatic carbocycles. The molecule has 1 unspecified atom stereocenters. The molecule has 0 radical (unpaired) electrons. The average Bonchev–Trinajstić information content (AvgIpc) is 3.38. The lowest BCUT2D eigenvalue weighted by Crippen LogP contribution is -2.48. The normalized spacial score (nSPS) is 22.1. The zero-order valence-electron chi connectivity index (χ0n) is 16.3. The molecular weight excluding hydrogens is 356 g/mol. The molecule has 8 heteroatoms. The van der Waals surface area contributed by atoms with Gasteiger partial charge in [-0.25, -0.2) is 4.79 Å². The maximum Gasteiger partial charge on any atom is 0.315 e. The van der Waals surface area contributed by atoms with Crippen LogP contribution < -0.4 is 16.0 Å². The van der Waals surface area contributed by atoms with Gasteiger partial charge in [-0.1, -0.05) is 48.3 Å². The molecule has 1 aromatic heterocycles. The van der Waals surface area contributed by atoms with Crippen LogP contribution in [0.2, 0.25) is 0 Å². The summed E-state index contributed by atoms with van der Waals surface area (Å²) in [6.07, 6.45) is 3.68. The first-order valence-electron chi connectivity index (χ1n) is 10.0. The van der Waals surface area contributed by atoms with Crippen molar-refractivity contribution in [2.24, 2.45) is 0 Å². The van der Waals surface area contributed by atoms with Gasteiger partial charge in [0.15, 0.2) is 5.82 Å². The topological polar surface area (TPSA) is 95.3 Å². The van der Waals surface area contributed by atoms with Gasteiger partial charge < -0.3 is 20.5 Å². The summed E-state index contributed by atoms with van der Waals surface area (Å²) in [5.41, 5.74) is 0.484. The van der Waals surface area contributed by atoms with Gasteiger partial charge in [-0.15, -0.1) is 0 Å². The molecule has 0 bridgehead atoms. The number of amides is 2. The number of carbonyl (C=O) groups is 1. The standard InChI is InChI=1S/C20H28N6O2/c1-26-12-11-21-14-16(26)17-23-18(28-25-17)20(9-5-6-10-20)24-19(27)22-13-15-7-3-2-4-8-15/h2-4,7-8,16,21H,5-6,9-14H2,1H3,(H2,22,24,27). The third kappa shape index (κ3) is 4.02. The number of nitrogens with one attached hydrogen (secondary N) is 3. The quantitative estimate of drug-likeness (QED) is 0.729. The Kier molecular flexibility index (Phi) is 5.59. The first-order chi connectivity index (χ1) is 13.7. The fraction of sp³-hybridized carbons (Fsp3) is 0.550. The van der Waals surface area contributed by atoms with Gasteiger partial charge in [0, 0.05) is 26.2 Å². The molecule has 0 spiro atoms. The molecule has 8 nitrogen and oxygen atoms in total. The van der Waals surface area contributed by atoms with E-state index in [0.717, 1.165) is 50.9 Å². The third-order valence-electron chi connectivity index (χ3n) is 5.77. The number of likely N-dealkylation sites (N-methyl/N-ethyl adjacent to an activating group) is 1. The van der Waals surface area contributed by atoms with Crippen LogP contribution >= 0.6 is 0 Å². The summed E-state index contributed by atoms with van der Waals surface area (Å²) in [6, 6.07) is 9.76. The Labute approximate surface area is 165 Å². The summed E-state index contributed by atoms with van der Waals surface area (Å²) in [5, 5.41) is 13.7. The van der Waals surface area contributed by atoms with Crippen LogP contribution in [0.25, 0.3) is 0 Å². The highest BCUT2D eigenvalue weighted by molar-refractivity contribution is 5.75. The van der Waals surface area contributed by atoms with Gasteiger partial charge >= 0.3 is 6.03 Å². The minimum atomic E-state index is -0.577. The highest BCUT2D eigenvalue weighted by Gasteiger charge is 2.43. The van der Waals surface area contributed by atoms with E-state index < -0.39 is 5.54 Å². The van der Waals surface area contributed by atoms with Crippen molar-refractivity contribution in [3.8, 4) is 0 Å². The lowest BCUT2D eigenvalue weighted by molar-refractivity contribution is 0.188. The molecule has 1 saturated heterocycles. The van der Waals surface area contributed by atoms with E-state index in [4.69, 9.17) is 9.51 Å². The van der Waals surface area contributed by atoms with E-state index in [1.54, 1.807) is 0 Å². The molecule has 2 aliphatic rings. The number of piperazine rings is 1. The monoisotopic (exact) mass is 384 g/mol. The van der Waals surface area contributed by atoms with Gasteiger partial charge in [-0.05, 0) is 25.5 Å². The van der Waals surface area contributed by atoms with Crippen LogP contribution in [-0.2, 0) is 12.1 Å². The van der Waals surface area contributed by atoms with Crippen molar-refractivity contribution < 1.29 is 9.32 Å². The Morgan fingerprint density at radius 1 is 1.32 bits per heavy atom. The highest BCUT2D eigenvalue weighted by Crippen LogP contribution is 2.38. The van der Waals surface area contributed by atoms with Crippen molar-refractivity contribution in [3.05, 3.63) is 47.6 Å². The van der Waals surface area contributed by atoms with Gasteiger partial charge in [-0.3, -0.25) is 4.90 Å². The van der Waals surface area contributed by atoms with E-state index in [1.807, 2.05) is 30.3 Å². The second-order valence-corrected chi connectivity index (χ2v) is 7.74. The first kappa shape index (κ1) is 18.9. The summed E-state index contributed by atoms with van der Waals surface area (Å²) in [6.45, 7) is 3.19. The van der Waals surface area contributed by atoms with Crippen molar-refractivity contribution in [2.75, 3.05) is 26.7 Å². The lowest BCUT2D eigenvalue weighted by Gasteiger charge is -2.30. The fourth-order valence-corrected chi connectivity index (χ4v) is 4.07. The Balaban J connectivity index is 1.45. The predicted molar refractivity (Wildman–Crippen MR) is 104 cm³/mol. The molecule has 3 N–H and O–H groups in total. The number of hydrogen-bond donors (Lipinski definition) is 3. The van der Waals surface area contributed by atoms with E-state index >= 15 is 0 Å². The largest absolute Gasteiger partial charge is 0.337 e. The minimum absolute atomic E-state index is 0.0941. The summed E-state index contributed by atoms with van der Waals surface area (Å²) >= 11 is 0. The molecule has 1 aromatic carbocycles. The van der Waals surface area contributed by atoms with Gasteiger partial charge in [0.1, 0.15) is 5.54 Å². The van der Waals surface area contributed by atoms with Crippen LogP contribution in [0.15, 0.2) is 34.9 Å². The van der Waals surface area contributed by atoms with Crippen molar-refractivity contribution >= 4 is 6.03 Å². The zero-order valence-corrected chi connectivity index (χ0v) is 16.3. The predicted octanol–water partition coefficient (Wildman–Crippen LogP) is 1.91. The smallest absolute Gasteiger partial charge is 0.315 e. The molecular formula is C20H28N6O2. The van der Waals surface area contributed by atoms with Gasteiger partial charge in [0.05, 0.1) is 6.04 Å². The number of rotatable bonds is 5. The molecule has 1 saturated carbocycles. The van der Waals surface area contributed by atoms with Crippen LogP contribution in [0.4, 0.5) is 4.79 Å². The summed E-state index contributed by atoms with van der Waals surface area (Å²) in [4.78, 5) is 19.5. The Bertz CT molecular complexity index is 787. The number of aromatic nitrogens is 2. The summed E-state index contributed by atoms with van der Waals surface area (Å²) in [5.74, 6) is 1.20. The molecule has 1 aliphatic heterocycles. The average molecular weight is 384 g/mol.